The predicted molar refractivity (Wildman–Crippen MR) is 141 cm³/mol. The third kappa shape index (κ3) is 4.41. The maximum Gasteiger partial charge on any atom is 0.259 e. The van der Waals surface area contributed by atoms with Crippen molar-refractivity contribution in [2.45, 2.75) is 25.0 Å². The Morgan fingerprint density at radius 3 is 1.94 bits per heavy atom. The van der Waals surface area contributed by atoms with Gasteiger partial charge in [-0.2, -0.15) is 0 Å². The number of nitrogens with zero attached hydrogens (tertiary/aromatic N) is 3. The highest BCUT2D eigenvalue weighted by atomic mass is 16.2. The summed E-state index contributed by atoms with van der Waals surface area (Å²) >= 11 is 0. The van der Waals surface area contributed by atoms with Crippen LogP contribution < -0.4 is 16.6 Å². The van der Waals surface area contributed by atoms with E-state index in [9.17, 15) is 9.59 Å². The summed E-state index contributed by atoms with van der Waals surface area (Å²) in [5.74, 6) is 0.286. The van der Waals surface area contributed by atoms with Crippen LogP contribution in [0.5, 0.6) is 0 Å². The number of benzene rings is 3. The van der Waals surface area contributed by atoms with Crippen molar-refractivity contribution >= 4 is 11.9 Å². The Balaban J connectivity index is 1.54. The molecule has 0 saturated carbocycles. The summed E-state index contributed by atoms with van der Waals surface area (Å²) in [7, 11) is 1.76. The van der Waals surface area contributed by atoms with Gasteiger partial charge in [-0.25, -0.2) is 4.98 Å². The van der Waals surface area contributed by atoms with Crippen molar-refractivity contribution in [1.29, 1.82) is 0 Å². The molecule has 0 aliphatic carbocycles. The largest absolute Gasteiger partial charge is 0.359 e. The first-order valence-corrected chi connectivity index (χ1v) is 12.1. The second kappa shape index (κ2) is 10.2. The summed E-state index contributed by atoms with van der Waals surface area (Å²) in [6, 6.07) is 28.1. The standard InChI is InChI=1S/C29H29N5O2/c1-31-29-32-24-19-33(28(36)25(30)20-11-5-2-6-12-20)18-17-23(24)27(35)34(29)26(21-13-7-3-8-14-21)22-15-9-4-10-16-22/h2-16,25-26H,17-19,30H2,1H3,(H,31,32). The van der Waals surface area contributed by atoms with Crippen LogP contribution in [0.4, 0.5) is 5.95 Å². The molecule has 0 bridgehead atoms. The first kappa shape index (κ1) is 23.5. The summed E-state index contributed by atoms with van der Waals surface area (Å²) in [6.07, 6.45) is 0.425. The number of hydrogen-bond donors (Lipinski definition) is 2. The number of fused-ring (bicyclic) bond motifs is 1. The van der Waals surface area contributed by atoms with Gasteiger partial charge in [0, 0.05) is 19.2 Å². The summed E-state index contributed by atoms with van der Waals surface area (Å²) in [5.41, 5.74) is 10.2. The van der Waals surface area contributed by atoms with E-state index in [0.29, 0.717) is 30.2 Å². The Bertz CT molecular complexity index is 1370. The van der Waals surface area contributed by atoms with E-state index in [4.69, 9.17) is 10.7 Å². The molecule has 1 aliphatic heterocycles. The second-order valence-electron chi connectivity index (χ2n) is 8.91. The Labute approximate surface area is 210 Å². The summed E-state index contributed by atoms with van der Waals surface area (Å²) in [5, 5.41) is 3.12. The van der Waals surface area contributed by atoms with Gasteiger partial charge in [0.05, 0.1) is 18.3 Å². The van der Waals surface area contributed by atoms with E-state index < -0.39 is 6.04 Å². The predicted octanol–water partition coefficient (Wildman–Crippen LogP) is 3.51. The van der Waals surface area contributed by atoms with E-state index in [1.165, 1.54) is 0 Å². The van der Waals surface area contributed by atoms with Crippen LogP contribution in [-0.2, 0) is 17.8 Å². The Kier molecular flexibility index (Phi) is 6.64. The summed E-state index contributed by atoms with van der Waals surface area (Å²) < 4.78 is 1.73. The molecule has 0 fully saturated rings. The fourth-order valence-electron chi connectivity index (χ4n) is 4.87. The van der Waals surface area contributed by atoms with E-state index >= 15 is 0 Å². The van der Waals surface area contributed by atoms with Crippen LogP contribution in [0.15, 0.2) is 95.8 Å². The molecule has 1 aliphatic rings. The van der Waals surface area contributed by atoms with E-state index in [1.54, 1.807) is 16.5 Å². The van der Waals surface area contributed by atoms with Crippen molar-refractivity contribution in [1.82, 2.24) is 14.5 Å². The number of amides is 1. The van der Waals surface area contributed by atoms with Gasteiger partial charge in [0.25, 0.3) is 5.56 Å². The van der Waals surface area contributed by atoms with Crippen LogP contribution in [-0.4, -0.2) is 34.0 Å². The number of nitrogens with one attached hydrogen (secondary N) is 1. The lowest BCUT2D eigenvalue weighted by molar-refractivity contribution is -0.133. The van der Waals surface area contributed by atoms with E-state index in [2.05, 4.69) is 5.32 Å². The van der Waals surface area contributed by atoms with E-state index in [0.717, 1.165) is 16.7 Å². The Morgan fingerprint density at radius 2 is 1.42 bits per heavy atom. The third-order valence-corrected chi connectivity index (χ3v) is 6.72. The lowest BCUT2D eigenvalue weighted by atomic mass is 9.97. The number of carbonyl (C=O) groups excluding carboxylic acids is 1. The molecule has 0 radical (unpaired) electrons. The van der Waals surface area contributed by atoms with Crippen LogP contribution >= 0.6 is 0 Å². The quantitative estimate of drug-likeness (QED) is 0.442. The average Bonchev–Trinajstić information content (AvgIpc) is 2.94. The lowest BCUT2D eigenvalue weighted by Gasteiger charge is -2.32. The summed E-state index contributed by atoms with van der Waals surface area (Å²) in [4.78, 5) is 33.7. The fraction of sp³-hybridized carbons (Fsp3) is 0.207. The highest BCUT2D eigenvalue weighted by molar-refractivity contribution is 5.83. The SMILES string of the molecule is CNc1nc2c(c(=O)n1C(c1ccccc1)c1ccccc1)CCN(C(=O)C(N)c1ccccc1)C2. The highest BCUT2D eigenvalue weighted by Crippen LogP contribution is 2.29. The molecule has 1 aromatic heterocycles. The van der Waals surface area contributed by atoms with Gasteiger partial charge in [-0.1, -0.05) is 91.0 Å². The van der Waals surface area contributed by atoms with Gasteiger partial charge in [0.1, 0.15) is 6.04 Å². The maximum atomic E-state index is 14.0. The number of anilines is 1. The molecule has 7 heteroatoms. The normalized spacial score (nSPS) is 13.8. The second-order valence-corrected chi connectivity index (χ2v) is 8.91. The van der Waals surface area contributed by atoms with Gasteiger partial charge in [-0.05, 0) is 23.1 Å². The topological polar surface area (TPSA) is 93.2 Å². The van der Waals surface area contributed by atoms with Crippen LogP contribution in [0.2, 0.25) is 0 Å². The molecule has 2 heterocycles. The molecule has 5 rings (SSSR count). The zero-order valence-corrected chi connectivity index (χ0v) is 20.2. The Morgan fingerprint density at radius 1 is 0.889 bits per heavy atom. The first-order chi connectivity index (χ1) is 17.6. The van der Waals surface area contributed by atoms with Crippen molar-refractivity contribution in [3.05, 3.63) is 129 Å². The zero-order chi connectivity index (χ0) is 25.1. The first-order valence-electron chi connectivity index (χ1n) is 12.1. The third-order valence-electron chi connectivity index (χ3n) is 6.72. The molecular weight excluding hydrogens is 450 g/mol. The van der Waals surface area contributed by atoms with Gasteiger partial charge in [0.15, 0.2) is 0 Å². The molecule has 7 nitrogen and oxygen atoms in total. The highest BCUT2D eigenvalue weighted by Gasteiger charge is 2.31. The minimum absolute atomic E-state index is 0.0958. The number of nitrogens with two attached hydrogens (primary N) is 1. The number of rotatable bonds is 6. The molecule has 3 N–H and O–H groups in total. The number of hydrogen-bond acceptors (Lipinski definition) is 5. The van der Waals surface area contributed by atoms with Crippen LogP contribution in [0.3, 0.4) is 0 Å². The number of carbonyl (C=O) groups is 1. The van der Waals surface area contributed by atoms with E-state index in [-0.39, 0.29) is 24.1 Å². The minimum Gasteiger partial charge on any atom is -0.359 e. The van der Waals surface area contributed by atoms with Gasteiger partial charge >= 0.3 is 0 Å². The van der Waals surface area contributed by atoms with Gasteiger partial charge in [-0.3, -0.25) is 14.2 Å². The zero-order valence-electron chi connectivity index (χ0n) is 20.2. The molecule has 3 aromatic carbocycles. The molecule has 182 valence electrons. The maximum absolute atomic E-state index is 14.0. The molecule has 0 spiro atoms. The van der Waals surface area contributed by atoms with E-state index in [1.807, 2.05) is 91.0 Å². The van der Waals surface area contributed by atoms with Crippen LogP contribution in [0.1, 0.15) is 40.0 Å². The summed E-state index contributed by atoms with van der Waals surface area (Å²) in [6.45, 7) is 0.671. The molecule has 1 amide bonds. The monoisotopic (exact) mass is 479 g/mol. The van der Waals surface area contributed by atoms with Gasteiger partial charge in [0.2, 0.25) is 11.9 Å². The van der Waals surface area contributed by atoms with Crippen LogP contribution in [0, 0.1) is 0 Å². The average molecular weight is 480 g/mol. The minimum atomic E-state index is -0.752. The Hall–Kier alpha value is -4.23. The number of aromatic nitrogens is 2. The van der Waals surface area contributed by atoms with Crippen molar-refractivity contribution in [2.75, 3.05) is 18.9 Å². The van der Waals surface area contributed by atoms with Crippen molar-refractivity contribution < 1.29 is 4.79 Å². The van der Waals surface area contributed by atoms with Crippen molar-refractivity contribution in [3.63, 3.8) is 0 Å². The van der Waals surface area contributed by atoms with Crippen molar-refractivity contribution in [3.8, 4) is 0 Å². The fourth-order valence-corrected chi connectivity index (χ4v) is 4.87. The molecule has 1 unspecified atom stereocenters. The van der Waals surface area contributed by atoms with Gasteiger partial charge in [-0.15, -0.1) is 0 Å². The molecular formula is C29H29N5O2. The molecule has 0 saturated heterocycles. The molecule has 36 heavy (non-hydrogen) atoms. The lowest BCUT2D eigenvalue weighted by Crippen LogP contribution is -2.44. The molecule has 4 aromatic rings. The molecule has 1 atom stereocenters. The van der Waals surface area contributed by atoms with Crippen molar-refractivity contribution in [2.24, 2.45) is 5.73 Å². The van der Waals surface area contributed by atoms with Gasteiger partial charge < -0.3 is 16.0 Å². The van der Waals surface area contributed by atoms with Crippen LogP contribution in [0.25, 0.3) is 0 Å². The smallest absolute Gasteiger partial charge is 0.259 e.